The monoisotopic (exact) mass is 311 g/mol. The highest BCUT2D eigenvalue weighted by molar-refractivity contribution is 7.89. The molecule has 0 bridgehead atoms. The molecule has 0 amide bonds. The third-order valence-corrected chi connectivity index (χ3v) is 5.05. The predicted octanol–water partition coefficient (Wildman–Crippen LogP) is 2.16. The van der Waals surface area contributed by atoms with E-state index in [1.165, 1.54) is 23.5 Å². The van der Waals surface area contributed by atoms with E-state index in [0.717, 1.165) is 5.56 Å². The smallest absolute Gasteiger partial charge is 0.327 e. The summed E-state index contributed by atoms with van der Waals surface area (Å²) in [6, 6.07) is 8.21. The molecule has 0 spiro atoms. The van der Waals surface area contributed by atoms with Gasteiger partial charge in [0.05, 0.1) is 4.90 Å². The number of carbonyl (C=O) groups is 1. The molecule has 5 nitrogen and oxygen atoms in total. The average Bonchev–Trinajstić information content (AvgIpc) is 2.90. The summed E-state index contributed by atoms with van der Waals surface area (Å²) in [5.74, 6) is -1.23. The fourth-order valence-electron chi connectivity index (χ4n) is 1.63. The van der Waals surface area contributed by atoms with Gasteiger partial charge < -0.3 is 5.11 Å². The Hall–Kier alpha value is -1.70. The second kappa shape index (κ2) is 5.74. The molecule has 1 unspecified atom stereocenters. The molecule has 7 heteroatoms. The van der Waals surface area contributed by atoms with Crippen LogP contribution in [0.1, 0.15) is 16.5 Å². The summed E-state index contributed by atoms with van der Waals surface area (Å²) in [6.45, 7) is 1.84. The van der Waals surface area contributed by atoms with Crippen LogP contribution in [0.15, 0.2) is 46.7 Å². The number of thiophene rings is 1. The Morgan fingerprint density at radius 1 is 1.25 bits per heavy atom. The number of hydrogen-bond donors (Lipinski definition) is 2. The number of carboxylic acid groups (broad SMARTS) is 1. The summed E-state index contributed by atoms with van der Waals surface area (Å²) < 4.78 is 26.6. The molecule has 0 saturated heterocycles. The molecule has 2 N–H and O–H groups in total. The zero-order chi connectivity index (χ0) is 14.8. The summed E-state index contributed by atoms with van der Waals surface area (Å²) in [6.07, 6.45) is 0. The van der Waals surface area contributed by atoms with Crippen molar-refractivity contribution in [1.82, 2.24) is 4.72 Å². The summed E-state index contributed by atoms with van der Waals surface area (Å²) in [4.78, 5) is 11.7. The Bertz CT molecular complexity index is 690. The lowest BCUT2D eigenvalue weighted by molar-refractivity contribution is -0.139. The van der Waals surface area contributed by atoms with Crippen LogP contribution in [-0.2, 0) is 14.8 Å². The Balaban J connectivity index is 2.30. The van der Waals surface area contributed by atoms with Crippen LogP contribution in [0.25, 0.3) is 0 Å². The molecule has 0 aliphatic rings. The van der Waals surface area contributed by atoms with E-state index in [4.69, 9.17) is 0 Å². The fraction of sp³-hybridized carbons (Fsp3) is 0.154. The molecule has 20 heavy (non-hydrogen) atoms. The van der Waals surface area contributed by atoms with Crippen molar-refractivity contribution in [3.63, 3.8) is 0 Å². The topological polar surface area (TPSA) is 83.5 Å². The van der Waals surface area contributed by atoms with Gasteiger partial charge in [-0.2, -0.15) is 4.72 Å². The highest BCUT2D eigenvalue weighted by atomic mass is 32.2. The van der Waals surface area contributed by atoms with E-state index < -0.39 is 22.0 Å². The van der Waals surface area contributed by atoms with E-state index in [1.807, 2.05) is 6.92 Å². The molecular formula is C13H13NO4S2. The largest absolute Gasteiger partial charge is 0.480 e. The normalized spacial score (nSPS) is 13.1. The zero-order valence-corrected chi connectivity index (χ0v) is 12.2. The van der Waals surface area contributed by atoms with Gasteiger partial charge in [0.1, 0.15) is 0 Å². The van der Waals surface area contributed by atoms with Gasteiger partial charge in [-0.1, -0.05) is 23.8 Å². The maximum Gasteiger partial charge on any atom is 0.327 e. The van der Waals surface area contributed by atoms with Gasteiger partial charge in [0.25, 0.3) is 0 Å². The van der Waals surface area contributed by atoms with E-state index in [1.54, 1.807) is 29.6 Å². The molecule has 1 aromatic heterocycles. The highest BCUT2D eigenvalue weighted by Gasteiger charge is 2.27. The maximum absolute atomic E-state index is 12.2. The molecule has 2 rings (SSSR count). The summed E-state index contributed by atoms with van der Waals surface area (Å²) in [7, 11) is -3.87. The Labute approximate surface area is 120 Å². The predicted molar refractivity (Wildman–Crippen MR) is 76.2 cm³/mol. The second-order valence-electron chi connectivity index (χ2n) is 4.22. The zero-order valence-electron chi connectivity index (χ0n) is 10.6. The lowest BCUT2D eigenvalue weighted by Gasteiger charge is -2.13. The standard InChI is InChI=1S/C13H13NO4S2/c1-9-4-6-10(7-5-9)20(17,18)14-12(13(15)16)11-3-2-8-19-11/h2-8,12,14H,1H3,(H,15,16). The number of carboxylic acids is 1. The molecule has 1 atom stereocenters. The van der Waals surface area contributed by atoms with E-state index in [9.17, 15) is 18.3 Å². The molecule has 0 saturated carbocycles. The molecule has 2 aromatic rings. The van der Waals surface area contributed by atoms with Gasteiger partial charge in [0.15, 0.2) is 6.04 Å². The summed E-state index contributed by atoms with van der Waals surface area (Å²) >= 11 is 1.19. The van der Waals surface area contributed by atoms with Crippen molar-refractivity contribution in [3.8, 4) is 0 Å². The van der Waals surface area contributed by atoms with Crippen molar-refractivity contribution in [2.75, 3.05) is 0 Å². The van der Waals surface area contributed by atoms with Crippen LogP contribution >= 0.6 is 11.3 Å². The van der Waals surface area contributed by atoms with Crippen LogP contribution in [0, 0.1) is 6.92 Å². The molecular weight excluding hydrogens is 298 g/mol. The number of aliphatic carboxylic acids is 1. The van der Waals surface area contributed by atoms with Gasteiger partial charge in [0, 0.05) is 4.88 Å². The van der Waals surface area contributed by atoms with Crippen LogP contribution in [-0.4, -0.2) is 19.5 Å². The van der Waals surface area contributed by atoms with Crippen LogP contribution in [0.2, 0.25) is 0 Å². The van der Waals surface area contributed by atoms with Gasteiger partial charge in [-0.25, -0.2) is 8.42 Å². The van der Waals surface area contributed by atoms with Crippen LogP contribution in [0.3, 0.4) is 0 Å². The molecule has 106 valence electrons. The molecule has 0 fully saturated rings. The van der Waals surface area contributed by atoms with E-state index in [0.29, 0.717) is 4.88 Å². The minimum Gasteiger partial charge on any atom is -0.480 e. The highest BCUT2D eigenvalue weighted by Crippen LogP contribution is 2.22. The van der Waals surface area contributed by atoms with Crippen molar-refractivity contribution >= 4 is 27.3 Å². The Kier molecular flexibility index (Phi) is 4.22. The van der Waals surface area contributed by atoms with Crippen LogP contribution < -0.4 is 4.72 Å². The minimum absolute atomic E-state index is 0.0471. The number of sulfonamides is 1. The van der Waals surface area contributed by atoms with Gasteiger partial charge in [-0.05, 0) is 30.5 Å². The van der Waals surface area contributed by atoms with Gasteiger partial charge in [-0.3, -0.25) is 4.79 Å². The first-order valence-electron chi connectivity index (χ1n) is 5.75. The summed E-state index contributed by atoms with van der Waals surface area (Å²) in [5.41, 5.74) is 0.928. The second-order valence-corrected chi connectivity index (χ2v) is 6.91. The number of aryl methyl sites for hydroxylation is 1. The van der Waals surface area contributed by atoms with Gasteiger partial charge in [-0.15, -0.1) is 11.3 Å². The van der Waals surface area contributed by atoms with E-state index in [-0.39, 0.29) is 4.90 Å². The Morgan fingerprint density at radius 3 is 2.40 bits per heavy atom. The number of nitrogens with one attached hydrogen (secondary N) is 1. The number of hydrogen-bond acceptors (Lipinski definition) is 4. The van der Waals surface area contributed by atoms with E-state index >= 15 is 0 Å². The third kappa shape index (κ3) is 3.24. The number of rotatable bonds is 5. The van der Waals surface area contributed by atoms with Crippen molar-refractivity contribution in [2.45, 2.75) is 17.9 Å². The van der Waals surface area contributed by atoms with Crippen molar-refractivity contribution in [2.24, 2.45) is 0 Å². The van der Waals surface area contributed by atoms with Gasteiger partial charge in [0.2, 0.25) is 10.0 Å². The lowest BCUT2D eigenvalue weighted by atomic mass is 10.2. The molecule has 1 heterocycles. The lowest BCUT2D eigenvalue weighted by Crippen LogP contribution is -2.33. The minimum atomic E-state index is -3.87. The Morgan fingerprint density at radius 2 is 1.90 bits per heavy atom. The molecule has 0 aliphatic carbocycles. The van der Waals surface area contributed by atoms with Crippen LogP contribution in [0.5, 0.6) is 0 Å². The first-order chi connectivity index (χ1) is 9.40. The first kappa shape index (κ1) is 14.7. The first-order valence-corrected chi connectivity index (χ1v) is 8.11. The van der Waals surface area contributed by atoms with Crippen molar-refractivity contribution < 1.29 is 18.3 Å². The SMILES string of the molecule is Cc1ccc(S(=O)(=O)NC(C(=O)O)c2cccs2)cc1. The molecule has 0 aliphatic heterocycles. The maximum atomic E-state index is 12.2. The van der Waals surface area contributed by atoms with Crippen molar-refractivity contribution in [3.05, 3.63) is 52.2 Å². The number of benzene rings is 1. The van der Waals surface area contributed by atoms with E-state index in [2.05, 4.69) is 4.72 Å². The molecule has 0 radical (unpaired) electrons. The third-order valence-electron chi connectivity index (χ3n) is 2.68. The summed E-state index contributed by atoms with van der Waals surface area (Å²) in [5, 5.41) is 10.9. The van der Waals surface area contributed by atoms with Crippen molar-refractivity contribution in [1.29, 1.82) is 0 Å². The van der Waals surface area contributed by atoms with Gasteiger partial charge >= 0.3 is 5.97 Å². The fourth-order valence-corrected chi connectivity index (χ4v) is 3.64. The quantitative estimate of drug-likeness (QED) is 0.886. The molecule has 1 aromatic carbocycles. The average molecular weight is 311 g/mol. The van der Waals surface area contributed by atoms with Crippen LogP contribution in [0.4, 0.5) is 0 Å².